The molecular weight excluding hydrogens is 180 g/mol. The van der Waals surface area contributed by atoms with Crippen LogP contribution in [0.1, 0.15) is 13.8 Å². The van der Waals surface area contributed by atoms with Crippen molar-refractivity contribution in [3.63, 3.8) is 0 Å². The summed E-state index contributed by atoms with van der Waals surface area (Å²) in [5.41, 5.74) is 0. The molecular formula is C6H10N2O5. The van der Waals surface area contributed by atoms with E-state index < -0.39 is 18.0 Å². The van der Waals surface area contributed by atoms with Crippen molar-refractivity contribution in [3.05, 3.63) is 0 Å². The standard InChI is InChI=1S/C6H10N2O5/c1-4(9)12-8(6(11)7-3)13-5(2)10/h1-3H3,(H,7,11). The van der Waals surface area contributed by atoms with Crippen molar-refractivity contribution in [2.45, 2.75) is 13.8 Å². The van der Waals surface area contributed by atoms with Crippen LogP contribution in [0.4, 0.5) is 4.79 Å². The Kier molecular flexibility index (Phi) is 4.28. The van der Waals surface area contributed by atoms with E-state index in [9.17, 15) is 14.4 Å². The molecule has 7 nitrogen and oxygen atoms in total. The van der Waals surface area contributed by atoms with E-state index in [1.807, 2.05) is 0 Å². The van der Waals surface area contributed by atoms with E-state index in [0.29, 0.717) is 0 Å². The van der Waals surface area contributed by atoms with Gasteiger partial charge in [0.05, 0.1) is 0 Å². The lowest BCUT2D eigenvalue weighted by molar-refractivity contribution is -0.287. The summed E-state index contributed by atoms with van der Waals surface area (Å²) in [6.07, 6.45) is 0. The number of hydroxylamine groups is 2. The number of amides is 2. The number of nitrogens with one attached hydrogen (secondary N) is 1. The molecule has 0 aromatic carbocycles. The number of nitrogens with zero attached hydrogens (tertiary/aromatic N) is 1. The Morgan fingerprint density at radius 3 is 1.69 bits per heavy atom. The highest BCUT2D eigenvalue weighted by Gasteiger charge is 2.18. The Morgan fingerprint density at radius 2 is 1.46 bits per heavy atom. The number of carbonyl (C=O) groups is 3. The van der Waals surface area contributed by atoms with E-state index in [1.54, 1.807) is 0 Å². The third kappa shape index (κ3) is 4.62. The fourth-order valence-electron chi connectivity index (χ4n) is 0.426. The smallest absolute Gasteiger partial charge is 0.336 e. The maximum atomic E-state index is 10.8. The molecule has 0 aromatic rings. The molecule has 0 rings (SSSR count). The minimum Gasteiger partial charge on any atom is -0.336 e. The van der Waals surface area contributed by atoms with Gasteiger partial charge < -0.3 is 15.0 Å². The van der Waals surface area contributed by atoms with Gasteiger partial charge in [0.1, 0.15) is 0 Å². The average Bonchev–Trinajstić information content (AvgIpc) is 2.00. The first-order valence-electron chi connectivity index (χ1n) is 3.36. The highest BCUT2D eigenvalue weighted by atomic mass is 17.0. The van der Waals surface area contributed by atoms with E-state index >= 15 is 0 Å². The first-order valence-corrected chi connectivity index (χ1v) is 3.36. The van der Waals surface area contributed by atoms with Gasteiger partial charge in [-0.05, 0) is 0 Å². The van der Waals surface area contributed by atoms with Crippen molar-refractivity contribution >= 4 is 18.0 Å². The summed E-state index contributed by atoms with van der Waals surface area (Å²) in [5.74, 6) is -1.55. The third-order valence-electron chi connectivity index (χ3n) is 0.803. The van der Waals surface area contributed by atoms with Crippen LogP contribution in [0.3, 0.4) is 0 Å². The van der Waals surface area contributed by atoms with E-state index in [1.165, 1.54) is 7.05 Å². The topological polar surface area (TPSA) is 84.9 Å². The molecule has 0 saturated heterocycles. The number of hydrogen-bond donors (Lipinski definition) is 1. The molecule has 0 fully saturated rings. The number of urea groups is 1. The highest BCUT2D eigenvalue weighted by molar-refractivity contribution is 5.76. The van der Waals surface area contributed by atoms with Gasteiger partial charge in [-0.3, -0.25) is 0 Å². The van der Waals surface area contributed by atoms with E-state index in [-0.39, 0.29) is 5.23 Å². The monoisotopic (exact) mass is 190 g/mol. The van der Waals surface area contributed by atoms with E-state index in [4.69, 9.17) is 0 Å². The summed E-state index contributed by atoms with van der Waals surface area (Å²) in [7, 11) is 1.29. The highest BCUT2D eigenvalue weighted by Crippen LogP contribution is 1.94. The minimum absolute atomic E-state index is 0.171. The van der Waals surface area contributed by atoms with Crippen LogP contribution in [0.2, 0.25) is 0 Å². The van der Waals surface area contributed by atoms with Crippen LogP contribution in [0, 0.1) is 0 Å². The van der Waals surface area contributed by atoms with Crippen molar-refractivity contribution < 1.29 is 24.1 Å². The second kappa shape index (κ2) is 4.96. The Hall–Kier alpha value is -1.79. The lowest BCUT2D eigenvalue weighted by Crippen LogP contribution is -2.40. The maximum Gasteiger partial charge on any atom is 0.388 e. The molecule has 0 bridgehead atoms. The Morgan fingerprint density at radius 1 is 1.08 bits per heavy atom. The summed E-state index contributed by atoms with van der Waals surface area (Å²) in [6.45, 7) is 2.14. The summed E-state index contributed by atoms with van der Waals surface area (Å²) < 4.78 is 0. The molecule has 7 heteroatoms. The van der Waals surface area contributed by atoms with Crippen molar-refractivity contribution in [2.75, 3.05) is 7.05 Å². The van der Waals surface area contributed by atoms with Crippen molar-refractivity contribution in [2.24, 2.45) is 0 Å². The Balaban J connectivity index is 4.26. The molecule has 13 heavy (non-hydrogen) atoms. The predicted molar refractivity (Wildman–Crippen MR) is 39.8 cm³/mol. The molecule has 0 aliphatic heterocycles. The molecule has 0 spiro atoms. The second-order valence-electron chi connectivity index (χ2n) is 1.98. The van der Waals surface area contributed by atoms with Gasteiger partial charge in [0, 0.05) is 26.1 Å². The Labute approximate surface area is 74.5 Å². The second-order valence-corrected chi connectivity index (χ2v) is 1.98. The fraction of sp³-hybridized carbons (Fsp3) is 0.500. The molecule has 0 heterocycles. The van der Waals surface area contributed by atoms with Crippen LogP contribution in [0.25, 0.3) is 0 Å². The zero-order valence-electron chi connectivity index (χ0n) is 7.49. The predicted octanol–water partition coefficient (Wildman–Crippen LogP) is -0.416. The first kappa shape index (κ1) is 11.2. The van der Waals surface area contributed by atoms with Gasteiger partial charge in [-0.1, -0.05) is 0 Å². The van der Waals surface area contributed by atoms with Gasteiger partial charge in [0.25, 0.3) is 0 Å². The third-order valence-corrected chi connectivity index (χ3v) is 0.803. The van der Waals surface area contributed by atoms with Crippen molar-refractivity contribution in [1.29, 1.82) is 0 Å². The minimum atomic E-state index is -0.856. The maximum absolute atomic E-state index is 10.8. The lowest BCUT2D eigenvalue weighted by Gasteiger charge is -2.16. The summed E-state index contributed by atoms with van der Waals surface area (Å²) in [6, 6.07) is -0.856. The van der Waals surface area contributed by atoms with Crippen LogP contribution in [-0.2, 0) is 19.3 Å². The average molecular weight is 190 g/mol. The van der Waals surface area contributed by atoms with Gasteiger partial charge in [-0.2, -0.15) is 0 Å². The van der Waals surface area contributed by atoms with Crippen LogP contribution >= 0.6 is 0 Å². The van der Waals surface area contributed by atoms with Gasteiger partial charge >= 0.3 is 18.0 Å². The van der Waals surface area contributed by atoms with Crippen LogP contribution in [-0.4, -0.2) is 30.2 Å². The molecule has 74 valence electrons. The molecule has 0 aromatic heterocycles. The lowest BCUT2D eigenvalue weighted by atomic mass is 10.8. The molecule has 0 radical (unpaired) electrons. The van der Waals surface area contributed by atoms with Crippen LogP contribution in [0.15, 0.2) is 0 Å². The number of carbonyl (C=O) groups excluding carboxylic acids is 3. The fourth-order valence-corrected chi connectivity index (χ4v) is 0.426. The molecule has 2 amide bonds. The summed E-state index contributed by atoms with van der Waals surface area (Å²) in [4.78, 5) is 40.2. The molecule has 0 aliphatic carbocycles. The number of hydrogen-bond acceptors (Lipinski definition) is 5. The van der Waals surface area contributed by atoms with Gasteiger partial charge in [0.15, 0.2) is 0 Å². The quantitative estimate of drug-likeness (QED) is 0.524. The van der Waals surface area contributed by atoms with Gasteiger partial charge in [0.2, 0.25) is 0 Å². The summed E-state index contributed by atoms with van der Waals surface area (Å²) >= 11 is 0. The van der Waals surface area contributed by atoms with E-state index in [2.05, 4.69) is 15.0 Å². The molecule has 0 aliphatic rings. The van der Waals surface area contributed by atoms with Gasteiger partial charge in [-0.25, -0.2) is 14.4 Å². The zero-order chi connectivity index (χ0) is 10.4. The molecule has 0 atom stereocenters. The van der Waals surface area contributed by atoms with Crippen LogP contribution in [0.5, 0.6) is 0 Å². The Bertz CT molecular complexity index is 211. The van der Waals surface area contributed by atoms with Crippen molar-refractivity contribution in [3.8, 4) is 0 Å². The summed E-state index contributed by atoms with van der Waals surface area (Å²) in [5, 5.41) is 2.28. The SMILES string of the molecule is CNC(=O)N(OC(C)=O)OC(C)=O. The number of rotatable bonds is 0. The zero-order valence-corrected chi connectivity index (χ0v) is 7.49. The largest absolute Gasteiger partial charge is 0.388 e. The van der Waals surface area contributed by atoms with Crippen LogP contribution < -0.4 is 5.32 Å². The van der Waals surface area contributed by atoms with Crippen molar-refractivity contribution in [1.82, 2.24) is 10.5 Å². The normalized spacial score (nSPS) is 8.54. The molecule has 0 saturated carbocycles. The van der Waals surface area contributed by atoms with Gasteiger partial charge in [-0.15, -0.1) is 0 Å². The molecule has 1 N–H and O–H groups in total. The van der Waals surface area contributed by atoms with E-state index in [0.717, 1.165) is 13.8 Å². The molecule has 0 unspecified atom stereocenters. The first-order chi connectivity index (χ1) is 5.97.